The number of rotatable bonds is 3. The number of halogens is 1. The lowest BCUT2D eigenvalue weighted by Crippen LogP contribution is -2.22. The fourth-order valence-electron chi connectivity index (χ4n) is 1.65. The molecule has 0 unspecified atom stereocenters. The van der Waals surface area contributed by atoms with Gasteiger partial charge >= 0.3 is 0 Å². The molecule has 0 bridgehead atoms. The molecule has 0 saturated heterocycles. The molecule has 1 atom stereocenters. The molecule has 3 N–H and O–H groups in total. The highest BCUT2D eigenvalue weighted by molar-refractivity contribution is 9.10. The molecule has 1 aromatic rings. The summed E-state index contributed by atoms with van der Waals surface area (Å²) < 4.78 is 5.88. The first-order chi connectivity index (χ1) is 7.40. The molecule has 0 spiro atoms. The van der Waals surface area contributed by atoms with Crippen LogP contribution in [0.5, 0.6) is 5.75 Å². The molecule has 0 aliphatic heterocycles. The zero-order chi connectivity index (χ0) is 12.5. The van der Waals surface area contributed by atoms with Crippen LogP contribution in [0.25, 0.3) is 0 Å². The van der Waals surface area contributed by atoms with Crippen molar-refractivity contribution in [2.24, 2.45) is 5.73 Å². The molecule has 4 nitrogen and oxygen atoms in total. The van der Waals surface area contributed by atoms with Gasteiger partial charge in [0.15, 0.2) is 6.10 Å². The SMILES string of the molecule is COc1cc(C)c([C@H](O)C(N)=O)c(C)c1Br. The van der Waals surface area contributed by atoms with E-state index in [1.807, 2.05) is 0 Å². The average molecular weight is 288 g/mol. The Morgan fingerprint density at radius 1 is 1.56 bits per heavy atom. The first-order valence-electron chi connectivity index (χ1n) is 4.71. The maximum Gasteiger partial charge on any atom is 0.250 e. The number of aliphatic hydroxyl groups is 1. The topological polar surface area (TPSA) is 72.6 Å². The van der Waals surface area contributed by atoms with Crippen molar-refractivity contribution in [2.75, 3.05) is 7.11 Å². The van der Waals surface area contributed by atoms with Crippen molar-refractivity contribution in [3.63, 3.8) is 0 Å². The van der Waals surface area contributed by atoms with Crippen LogP contribution in [0.15, 0.2) is 10.5 Å². The van der Waals surface area contributed by atoms with E-state index in [1.165, 1.54) is 0 Å². The molecule has 0 radical (unpaired) electrons. The molecule has 1 rings (SSSR count). The van der Waals surface area contributed by atoms with Gasteiger partial charge in [-0.05, 0) is 52.5 Å². The van der Waals surface area contributed by atoms with Gasteiger partial charge in [0, 0.05) is 0 Å². The quantitative estimate of drug-likeness (QED) is 0.887. The van der Waals surface area contributed by atoms with E-state index in [9.17, 15) is 9.90 Å². The van der Waals surface area contributed by atoms with E-state index in [2.05, 4.69) is 15.9 Å². The predicted octanol–water partition coefficient (Wildman–Crippen LogP) is 1.59. The highest BCUT2D eigenvalue weighted by Gasteiger charge is 2.21. The molecule has 0 aliphatic rings. The van der Waals surface area contributed by atoms with Gasteiger partial charge in [-0.15, -0.1) is 0 Å². The summed E-state index contributed by atoms with van der Waals surface area (Å²) in [5, 5.41) is 9.71. The summed E-state index contributed by atoms with van der Waals surface area (Å²) in [7, 11) is 1.56. The van der Waals surface area contributed by atoms with Crippen LogP contribution in [0.3, 0.4) is 0 Å². The maximum absolute atomic E-state index is 11.0. The molecule has 0 fully saturated rings. The fourth-order valence-corrected chi connectivity index (χ4v) is 2.14. The predicted molar refractivity (Wildman–Crippen MR) is 64.3 cm³/mol. The third kappa shape index (κ3) is 2.20. The van der Waals surface area contributed by atoms with Crippen LogP contribution < -0.4 is 10.5 Å². The van der Waals surface area contributed by atoms with Crippen molar-refractivity contribution in [1.82, 2.24) is 0 Å². The van der Waals surface area contributed by atoms with Crippen molar-refractivity contribution in [2.45, 2.75) is 20.0 Å². The number of amides is 1. The normalized spacial score (nSPS) is 12.3. The van der Waals surface area contributed by atoms with Gasteiger partial charge in [-0.25, -0.2) is 0 Å². The van der Waals surface area contributed by atoms with Gasteiger partial charge in [-0.1, -0.05) is 0 Å². The number of benzene rings is 1. The molecular weight excluding hydrogens is 274 g/mol. The molecule has 1 amide bonds. The van der Waals surface area contributed by atoms with Crippen LogP contribution in [-0.2, 0) is 4.79 Å². The van der Waals surface area contributed by atoms with Crippen LogP contribution >= 0.6 is 15.9 Å². The van der Waals surface area contributed by atoms with Crippen LogP contribution in [0.4, 0.5) is 0 Å². The van der Waals surface area contributed by atoms with E-state index in [0.717, 1.165) is 15.6 Å². The first-order valence-corrected chi connectivity index (χ1v) is 5.50. The van der Waals surface area contributed by atoms with Gasteiger partial charge in [0.05, 0.1) is 11.6 Å². The number of hydrogen-bond acceptors (Lipinski definition) is 3. The Balaban J connectivity index is 3.41. The Morgan fingerprint density at radius 2 is 2.12 bits per heavy atom. The average Bonchev–Trinajstić information content (AvgIpc) is 2.23. The summed E-state index contributed by atoms with van der Waals surface area (Å²) in [5.74, 6) is -0.0984. The van der Waals surface area contributed by atoms with Gasteiger partial charge in [0.2, 0.25) is 0 Å². The van der Waals surface area contributed by atoms with Crippen molar-refractivity contribution in [3.05, 3.63) is 27.2 Å². The van der Waals surface area contributed by atoms with Crippen LogP contribution in [0.2, 0.25) is 0 Å². The van der Waals surface area contributed by atoms with Gasteiger partial charge in [0.1, 0.15) is 5.75 Å². The zero-order valence-electron chi connectivity index (χ0n) is 9.37. The molecule has 1 aromatic carbocycles. The molecule has 0 aromatic heterocycles. The van der Waals surface area contributed by atoms with E-state index in [0.29, 0.717) is 11.3 Å². The molecular formula is C11H14BrNO3. The van der Waals surface area contributed by atoms with Crippen molar-refractivity contribution >= 4 is 21.8 Å². The summed E-state index contributed by atoms with van der Waals surface area (Å²) in [6.07, 6.45) is -1.29. The maximum atomic E-state index is 11.0. The number of hydrogen-bond donors (Lipinski definition) is 2. The fraction of sp³-hybridized carbons (Fsp3) is 0.364. The lowest BCUT2D eigenvalue weighted by atomic mass is 9.97. The number of carbonyl (C=O) groups is 1. The minimum Gasteiger partial charge on any atom is -0.496 e. The highest BCUT2D eigenvalue weighted by atomic mass is 79.9. The Labute approximate surface area is 103 Å². The first kappa shape index (κ1) is 13.0. The minimum absolute atomic E-state index is 0.528. The summed E-state index contributed by atoms with van der Waals surface area (Å²) in [6.45, 7) is 3.59. The van der Waals surface area contributed by atoms with E-state index >= 15 is 0 Å². The third-order valence-corrected chi connectivity index (χ3v) is 3.47. The zero-order valence-corrected chi connectivity index (χ0v) is 11.0. The molecule has 0 aliphatic carbocycles. The Morgan fingerprint density at radius 3 is 2.56 bits per heavy atom. The number of aliphatic hydroxyl groups excluding tert-OH is 1. The lowest BCUT2D eigenvalue weighted by molar-refractivity contribution is -0.126. The number of ether oxygens (including phenoxy) is 1. The van der Waals surface area contributed by atoms with Crippen molar-refractivity contribution in [3.8, 4) is 5.75 Å². The number of aryl methyl sites for hydroxylation is 1. The standard InChI is InChI=1S/C11H14BrNO3/c1-5-4-7(16-3)9(12)6(2)8(5)10(14)11(13)15/h4,10,14H,1-3H3,(H2,13,15)/t10-/m0/s1. The second-order valence-electron chi connectivity index (χ2n) is 3.55. The summed E-state index contributed by atoms with van der Waals surface area (Å²) in [6, 6.07) is 1.75. The van der Waals surface area contributed by atoms with Crippen LogP contribution in [-0.4, -0.2) is 18.1 Å². The molecule has 5 heteroatoms. The van der Waals surface area contributed by atoms with E-state index < -0.39 is 12.0 Å². The Kier molecular flexibility index (Phi) is 3.93. The molecule has 88 valence electrons. The molecule has 0 saturated carbocycles. The Bertz CT molecular complexity index is 432. The van der Waals surface area contributed by atoms with Crippen LogP contribution in [0, 0.1) is 13.8 Å². The van der Waals surface area contributed by atoms with Crippen LogP contribution in [0.1, 0.15) is 22.8 Å². The van der Waals surface area contributed by atoms with Crippen molar-refractivity contribution < 1.29 is 14.6 Å². The molecule has 16 heavy (non-hydrogen) atoms. The second kappa shape index (κ2) is 4.84. The highest BCUT2D eigenvalue weighted by Crippen LogP contribution is 2.35. The number of primary amides is 1. The van der Waals surface area contributed by atoms with Crippen molar-refractivity contribution in [1.29, 1.82) is 0 Å². The second-order valence-corrected chi connectivity index (χ2v) is 4.35. The van der Waals surface area contributed by atoms with Gasteiger partial charge in [-0.2, -0.15) is 0 Å². The van der Waals surface area contributed by atoms with E-state index in [-0.39, 0.29) is 0 Å². The number of nitrogens with two attached hydrogens (primary N) is 1. The molecule has 0 heterocycles. The monoisotopic (exact) mass is 287 g/mol. The minimum atomic E-state index is -1.29. The van der Waals surface area contributed by atoms with Gasteiger partial charge in [0.25, 0.3) is 5.91 Å². The lowest BCUT2D eigenvalue weighted by Gasteiger charge is -2.17. The van der Waals surface area contributed by atoms with E-state index in [4.69, 9.17) is 10.5 Å². The largest absolute Gasteiger partial charge is 0.496 e. The smallest absolute Gasteiger partial charge is 0.250 e. The summed E-state index contributed by atoms with van der Waals surface area (Å²) in [5.41, 5.74) is 7.14. The van der Waals surface area contributed by atoms with Gasteiger partial charge in [-0.3, -0.25) is 4.79 Å². The Hall–Kier alpha value is -1.07. The van der Waals surface area contributed by atoms with Gasteiger partial charge < -0.3 is 15.6 Å². The third-order valence-electron chi connectivity index (χ3n) is 2.48. The number of methoxy groups -OCH3 is 1. The van der Waals surface area contributed by atoms with E-state index in [1.54, 1.807) is 27.0 Å². The number of carbonyl (C=O) groups excluding carboxylic acids is 1. The summed E-state index contributed by atoms with van der Waals surface area (Å²) in [4.78, 5) is 11.0. The summed E-state index contributed by atoms with van der Waals surface area (Å²) >= 11 is 3.35.